The van der Waals surface area contributed by atoms with Gasteiger partial charge in [0.15, 0.2) is 0 Å². The van der Waals surface area contributed by atoms with Crippen molar-refractivity contribution in [2.45, 2.75) is 17.9 Å². The number of thioether (sulfide) groups is 1. The van der Waals surface area contributed by atoms with Crippen molar-refractivity contribution in [3.05, 3.63) is 23.8 Å². The molecule has 1 aromatic rings. The second-order valence-corrected chi connectivity index (χ2v) is 5.07. The maximum atomic E-state index is 11.9. The Morgan fingerprint density at radius 2 is 2.05 bits per heavy atom. The zero-order chi connectivity index (χ0) is 14.2. The molecule has 6 nitrogen and oxygen atoms in total. The fourth-order valence-corrected chi connectivity index (χ4v) is 2.73. The fourth-order valence-electron chi connectivity index (χ4n) is 1.84. The van der Waals surface area contributed by atoms with E-state index in [1.54, 1.807) is 6.07 Å². The Kier molecular flexibility index (Phi) is 3.48. The van der Waals surface area contributed by atoms with Crippen LogP contribution in [-0.4, -0.2) is 39.9 Å². The normalized spacial score (nSPS) is 15.8. The van der Waals surface area contributed by atoms with Crippen molar-refractivity contribution in [1.82, 2.24) is 0 Å². The number of nitrogens with zero attached hydrogens (tertiary/aromatic N) is 1. The quantitative estimate of drug-likeness (QED) is 0.867. The molecule has 1 unspecified atom stereocenters. The lowest BCUT2D eigenvalue weighted by atomic mass is 10.1. The second-order valence-electron chi connectivity index (χ2n) is 4.05. The Morgan fingerprint density at radius 3 is 2.63 bits per heavy atom. The van der Waals surface area contributed by atoms with Gasteiger partial charge in [-0.2, -0.15) is 0 Å². The molecule has 0 spiro atoms. The van der Waals surface area contributed by atoms with Crippen LogP contribution in [0.2, 0.25) is 0 Å². The zero-order valence-electron chi connectivity index (χ0n) is 9.99. The van der Waals surface area contributed by atoms with Gasteiger partial charge in [0, 0.05) is 4.90 Å². The molecule has 0 aromatic heterocycles. The van der Waals surface area contributed by atoms with Gasteiger partial charge in [-0.3, -0.25) is 9.69 Å². The summed E-state index contributed by atoms with van der Waals surface area (Å²) in [7, 11) is 0. The molecular weight excluding hydrogens is 270 g/mol. The van der Waals surface area contributed by atoms with Crippen LogP contribution in [0.15, 0.2) is 23.1 Å². The lowest BCUT2D eigenvalue weighted by Gasteiger charge is -2.32. The first-order chi connectivity index (χ1) is 8.91. The van der Waals surface area contributed by atoms with Gasteiger partial charge in [0.05, 0.1) is 17.0 Å². The molecule has 1 amide bonds. The van der Waals surface area contributed by atoms with E-state index in [0.29, 0.717) is 10.6 Å². The number of aliphatic carboxylic acids is 1. The molecule has 19 heavy (non-hydrogen) atoms. The van der Waals surface area contributed by atoms with E-state index in [-0.39, 0.29) is 17.2 Å². The van der Waals surface area contributed by atoms with E-state index in [4.69, 9.17) is 10.2 Å². The highest BCUT2D eigenvalue weighted by atomic mass is 32.2. The van der Waals surface area contributed by atoms with Crippen molar-refractivity contribution in [3.8, 4) is 0 Å². The summed E-state index contributed by atoms with van der Waals surface area (Å²) in [5.74, 6) is -2.44. The molecule has 1 aromatic carbocycles. The highest BCUT2D eigenvalue weighted by Gasteiger charge is 2.32. The van der Waals surface area contributed by atoms with Gasteiger partial charge in [-0.15, -0.1) is 11.8 Å². The van der Waals surface area contributed by atoms with Crippen LogP contribution in [0.4, 0.5) is 5.69 Å². The number of aromatic carboxylic acids is 1. The molecule has 2 rings (SSSR count). The number of carbonyl (C=O) groups is 3. The second kappa shape index (κ2) is 4.93. The van der Waals surface area contributed by atoms with Gasteiger partial charge < -0.3 is 10.2 Å². The third-order valence-corrected chi connectivity index (χ3v) is 3.88. The van der Waals surface area contributed by atoms with Crippen LogP contribution in [-0.2, 0) is 9.59 Å². The first kappa shape index (κ1) is 13.4. The molecule has 0 aliphatic carbocycles. The summed E-state index contributed by atoms with van der Waals surface area (Å²) in [6, 6.07) is 3.34. The molecule has 0 radical (unpaired) electrons. The van der Waals surface area contributed by atoms with Crippen molar-refractivity contribution < 1.29 is 24.6 Å². The van der Waals surface area contributed by atoms with Crippen molar-refractivity contribution >= 4 is 35.3 Å². The van der Waals surface area contributed by atoms with Crippen LogP contribution in [0.25, 0.3) is 0 Å². The minimum atomic E-state index is -1.13. The Bertz CT molecular complexity index is 571. The summed E-state index contributed by atoms with van der Waals surface area (Å²) in [5.41, 5.74) is 0.368. The maximum Gasteiger partial charge on any atom is 0.335 e. The van der Waals surface area contributed by atoms with Crippen molar-refractivity contribution in [2.24, 2.45) is 0 Å². The summed E-state index contributed by atoms with van der Waals surface area (Å²) in [6.07, 6.45) is 0. The van der Waals surface area contributed by atoms with E-state index in [2.05, 4.69) is 0 Å². The number of rotatable bonds is 3. The van der Waals surface area contributed by atoms with E-state index in [9.17, 15) is 14.4 Å². The van der Waals surface area contributed by atoms with Gasteiger partial charge in [0.25, 0.3) is 0 Å². The summed E-state index contributed by atoms with van der Waals surface area (Å²) in [5, 5.41) is 18.0. The number of carboxylic acid groups (broad SMARTS) is 2. The van der Waals surface area contributed by atoms with Crippen LogP contribution in [0.3, 0.4) is 0 Å². The first-order valence-electron chi connectivity index (χ1n) is 5.47. The molecule has 0 saturated heterocycles. The van der Waals surface area contributed by atoms with E-state index in [1.807, 2.05) is 0 Å². The first-order valence-corrected chi connectivity index (χ1v) is 6.45. The van der Waals surface area contributed by atoms with Crippen molar-refractivity contribution in [1.29, 1.82) is 0 Å². The molecule has 1 aliphatic rings. The molecule has 100 valence electrons. The van der Waals surface area contributed by atoms with Crippen LogP contribution in [0, 0.1) is 0 Å². The standard InChI is InChI=1S/C12H11NO5S/c1-6(11(15)16)13-8-4-7(12(17)18)2-3-9(8)19-5-10(13)14/h2-4,6H,5H2,1H3,(H,15,16)(H,17,18). The Balaban J connectivity index is 2.53. The molecule has 1 aliphatic heterocycles. The maximum absolute atomic E-state index is 11.9. The summed E-state index contributed by atoms with van der Waals surface area (Å²) in [4.78, 5) is 35.7. The van der Waals surface area contributed by atoms with Gasteiger partial charge in [0.1, 0.15) is 6.04 Å². The minimum absolute atomic E-state index is 0.0247. The predicted octanol–water partition coefficient (Wildman–Crippen LogP) is 1.30. The molecule has 7 heteroatoms. The summed E-state index contributed by atoms with van der Waals surface area (Å²) >= 11 is 1.27. The largest absolute Gasteiger partial charge is 0.480 e. The molecule has 0 saturated carbocycles. The number of carbonyl (C=O) groups excluding carboxylic acids is 1. The molecule has 1 heterocycles. The number of carboxylic acids is 2. The van der Waals surface area contributed by atoms with Crippen molar-refractivity contribution in [3.63, 3.8) is 0 Å². The Labute approximate surface area is 113 Å². The zero-order valence-corrected chi connectivity index (χ0v) is 10.8. The van der Waals surface area contributed by atoms with Gasteiger partial charge in [-0.1, -0.05) is 0 Å². The van der Waals surface area contributed by atoms with E-state index in [0.717, 1.165) is 4.90 Å². The third kappa shape index (κ3) is 2.41. The van der Waals surface area contributed by atoms with E-state index >= 15 is 0 Å². The molecule has 0 fully saturated rings. The highest BCUT2D eigenvalue weighted by molar-refractivity contribution is 8.00. The van der Waals surface area contributed by atoms with Crippen molar-refractivity contribution in [2.75, 3.05) is 10.7 Å². The average molecular weight is 281 g/mol. The van der Waals surface area contributed by atoms with Gasteiger partial charge in [0.2, 0.25) is 5.91 Å². The Morgan fingerprint density at radius 1 is 1.37 bits per heavy atom. The molecule has 0 bridgehead atoms. The van der Waals surface area contributed by atoms with Gasteiger partial charge in [-0.05, 0) is 25.1 Å². The lowest BCUT2D eigenvalue weighted by molar-refractivity contribution is -0.139. The average Bonchev–Trinajstić information content (AvgIpc) is 2.37. The predicted molar refractivity (Wildman–Crippen MR) is 68.7 cm³/mol. The smallest absolute Gasteiger partial charge is 0.335 e. The number of anilines is 1. The molecular formula is C12H11NO5S. The van der Waals surface area contributed by atoms with Gasteiger partial charge in [-0.25, -0.2) is 9.59 Å². The van der Waals surface area contributed by atoms with E-state index < -0.39 is 18.0 Å². The minimum Gasteiger partial charge on any atom is -0.480 e. The number of amides is 1. The van der Waals surface area contributed by atoms with Crippen LogP contribution < -0.4 is 4.90 Å². The Hall–Kier alpha value is -2.02. The number of benzene rings is 1. The SMILES string of the molecule is CC(C(=O)O)N1C(=O)CSc2ccc(C(=O)O)cc21. The highest BCUT2D eigenvalue weighted by Crippen LogP contribution is 2.37. The lowest BCUT2D eigenvalue weighted by Crippen LogP contribution is -2.46. The van der Waals surface area contributed by atoms with E-state index in [1.165, 1.54) is 30.8 Å². The van der Waals surface area contributed by atoms with Crippen LogP contribution in [0.1, 0.15) is 17.3 Å². The third-order valence-electron chi connectivity index (χ3n) is 2.83. The summed E-state index contributed by atoms with van der Waals surface area (Å²) < 4.78 is 0. The monoisotopic (exact) mass is 281 g/mol. The molecule has 2 N–H and O–H groups in total. The van der Waals surface area contributed by atoms with Crippen LogP contribution >= 0.6 is 11.8 Å². The molecule has 1 atom stereocenters. The summed E-state index contributed by atoms with van der Waals surface area (Å²) in [6.45, 7) is 1.40. The fraction of sp³-hybridized carbons (Fsp3) is 0.250. The number of hydrogen-bond donors (Lipinski definition) is 2. The van der Waals surface area contributed by atoms with Gasteiger partial charge >= 0.3 is 11.9 Å². The van der Waals surface area contributed by atoms with Crippen LogP contribution in [0.5, 0.6) is 0 Å². The number of fused-ring (bicyclic) bond motifs is 1. The number of hydrogen-bond acceptors (Lipinski definition) is 4. The topological polar surface area (TPSA) is 94.9 Å².